The quantitative estimate of drug-likeness (QED) is 0.498. The Labute approximate surface area is 189 Å². The Kier molecular flexibility index (Phi) is 7.28. The minimum atomic E-state index is -0.905. The lowest BCUT2D eigenvalue weighted by Crippen LogP contribution is -2.46. The second-order valence-electron chi connectivity index (χ2n) is 9.49. The highest BCUT2D eigenvalue weighted by Gasteiger charge is 2.29. The number of pyridine rings is 1. The lowest BCUT2D eigenvalue weighted by Gasteiger charge is -2.28. The van der Waals surface area contributed by atoms with Gasteiger partial charge in [0, 0.05) is 11.8 Å². The van der Waals surface area contributed by atoms with Crippen LogP contribution in [0.15, 0.2) is 41.5 Å². The summed E-state index contributed by atoms with van der Waals surface area (Å²) < 4.78 is 10.8. The first-order valence-electron chi connectivity index (χ1n) is 10.3. The van der Waals surface area contributed by atoms with Crippen molar-refractivity contribution in [3.8, 4) is 11.3 Å². The average molecular weight is 441 g/mol. The van der Waals surface area contributed by atoms with Gasteiger partial charge in [-0.15, -0.1) is 4.99 Å². The van der Waals surface area contributed by atoms with Gasteiger partial charge in [-0.3, -0.25) is 4.98 Å². The number of anilines is 1. The van der Waals surface area contributed by atoms with Gasteiger partial charge in [-0.25, -0.2) is 14.5 Å². The molecule has 0 bridgehead atoms. The molecule has 32 heavy (non-hydrogen) atoms. The van der Waals surface area contributed by atoms with E-state index in [2.05, 4.69) is 9.98 Å². The van der Waals surface area contributed by atoms with E-state index in [1.54, 1.807) is 53.8 Å². The Bertz CT molecular complexity index is 1030. The fourth-order valence-corrected chi connectivity index (χ4v) is 2.75. The summed E-state index contributed by atoms with van der Waals surface area (Å²) in [5.41, 5.74) is 8.29. The molecule has 8 heteroatoms. The number of guanidine groups is 1. The van der Waals surface area contributed by atoms with Crippen LogP contribution >= 0.6 is 0 Å². The molecule has 0 aliphatic carbocycles. The van der Waals surface area contributed by atoms with Crippen molar-refractivity contribution in [2.75, 3.05) is 4.90 Å². The maximum absolute atomic E-state index is 13.1. The monoisotopic (exact) mass is 440 g/mol. The first kappa shape index (κ1) is 24.8. The van der Waals surface area contributed by atoms with Crippen molar-refractivity contribution in [1.82, 2.24) is 4.98 Å². The number of amides is 2. The lowest BCUT2D eigenvalue weighted by molar-refractivity contribution is 0.0600. The van der Waals surface area contributed by atoms with Crippen molar-refractivity contribution in [3.05, 3.63) is 47.7 Å². The summed E-state index contributed by atoms with van der Waals surface area (Å²) in [4.78, 5) is 34.6. The van der Waals surface area contributed by atoms with Gasteiger partial charge in [-0.05, 0) is 84.7 Å². The number of nitrogens with two attached hydrogens (primary N) is 1. The highest BCUT2D eigenvalue weighted by Crippen LogP contribution is 2.29. The average Bonchev–Trinajstić information content (AvgIpc) is 2.60. The number of benzene rings is 1. The molecular formula is C24H32N4O4. The minimum Gasteiger partial charge on any atom is -0.443 e. The zero-order valence-electron chi connectivity index (χ0n) is 20.0. The van der Waals surface area contributed by atoms with Crippen LogP contribution in [-0.4, -0.2) is 34.3 Å². The van der Waals surface area contributed by atoms with Gasteiger partial charge < -0.3 is 15.2 Å². The van der Waals surface area contributed by atoms with Crippen molar-refractivity contribution in [3.63, 3.8) is 0 Å². The molecule has 0 saturated carbocycles. The SMILES string of the molecule is Cc1ccnc(-c2ccc(C)c(N(C(=O)OC(C)(C)C)C(N)=NC(=O)OC(C)(C)C)c2)c1. The first-order chi connectivity index (χ1) is 14.7. The van der Waals surface area contributed by atoms with Crippen LogP contribution in [0.2, 0.25) is 0 Å². The third kappa shape index (κ3) is 7.08. The van der Waals surface area contributed by atoms with E-state index in [0.29, 0.717) is 5.69 Å². The standard InChI is InChI=1S/C24H32N4O4/c1-15-11-12-26-18(13-15)17-10-9-16(2)19(14-17)28(22(30)32-24(6,7)8)20(25)27-21(29)31-23(3,4)5/h9-14H,1-8H3,(H2,25,27,29). The third-order valence-electron chi connectivity index (χ3n) is 4.07. The van der Waals surface area contributed by atoms with Gasteiger partial charge in [-0.2, -0.15) is 0 Å². The maximum atomic E-state index is 13.1. The largest absolute Gasteiger partial charge is 0.443 e. The third-order valence-corrected chi connectivity index (χ3v) is 4.07. The predicted molar refractivity (Wildman–Crippen MR) is 126 cm³/mol. The molecule has 0 aliphatic rings. The van der Waals surface area contributed by atoms with Gasteiger partial charge >= 0.3 is 12.2 Å². The predicted octanol–water partition coefficient (Wildman–Crippen LogP) is 5.36. The van der Waals surface area contributed by atoms with Crippen LogP contribution in [0.1, 0.15) is 52.7 Å². The highest BCUT2D eigenvalue weighted by atomic mass is 16.6. The lowest BCUT2D eigenvalue weighted by atomic mass is 10.1. The van der Waals surface area contributed by atoms with E-state index in [1.807, 2.05) is 38.1 Å². The van der Waals surface area contributed by atoms with Gasteiger partial charge in [0.25, 0.3) is 0 Å². The van der Waals surface area contributed by atoms with E-state index in [4.69, 9.17) is 15.2 Å². The normalized spacial score (nSPS) is 12.3. The number of hydrogen-bond donors (Lipinski definition) is 1. The fourth-order valence-electron chi connectivity index (χ4n) is 2.75. The van der Waals surface area contributed by atoms with Crippen LogP contribution in [0.3, 0.4) is 0 Å². The Morgan fingerprint density at radius 3 is 2.16 bits per heavy atom. The van der Waals surface area contributed by atoms with Gasteiger partial charge in [0.2, 0.25) is 5.96 Å². The van der Waals surface area contributed by atoms with E-state index in [9.17, 15) is 9.59 Å². The molecule has 2 amide bonds. The summed E-state index contributed by atoms with van der Waals surface area (Å²) in [6, 6.07) is 9.34. The number of aryl methyl sites for hydroxylation is 2. The summed E-state index contributed by atoms with van der Waals surface area (Å²) in [5, 5.41) is 0. The van der Waals surface area contributed by atoms with E-state index in [1.165, 1.54) is 0 Å². The summed E-state index contributed by atoms with van der Waals surface area (Å²) in [6.07, 6.45) is 0.0474. The highest BCUT2D eigenvalue weighted by molar-refractivity contribution is 6.15. The van der Waals surface area contributed by atoms with Crippen LogP contribution in [0.5, 0.6) is 0 Å². The molecule has 2 aromatic rings. The summed E-state index contributed by atoms with van der Waals surface area (Å²) >= 11 is 0. The van der Waals surface area contributed by atoms with Gasteiger partial charge in [-0.1, -0.05) is 12.1 Å². The molecule has 0 unspecified atom stereocenters. The van der Waals surface area contributed by atoms with Crippen molar-refractivity contribution in [2.45, 2.75) is 66.6 Å². The molecule has 0 saturated heterocycles. The molecule has 1 aromatic carbocycles. The van der Waals surface area contributed by atoms with Gasteiger partial charge in [0.15, 0.2) is 0 Å². The second-order valence-corrected chi connectivity index (χ2v) is 9.49. The molecule has 2 rings (SSSR count). The van der Waals surface area contributed by atoms with Gasteiger partial charge in [0.05, 0.1) is 11.4 Å². The second kappa shape index (κ2) is 9.38. The summed E-state index contributed by atoms with van der Waals surface area (Å²) in [5.74, 6) is -0.356. The number of carbonyl (C=O) groups excluding carboxylic acids is 2. The Morgan fingerprint density at radius 1 is 0.969 bits per heavy atom. The zero-order chi connectivity index (χ0) is 24.3. The Balaban J connectivity index is 2.58. The molecule has 0 radical (unpaired) electrons. The topological polar surface area (TPSA) is 107 Å². The van der Waals surface area contributed by atoms with Crippen LogP contribution < -0.4 is 10.6 Å². The number of hydrogen-bond acceptors (Lipinski definition) is 5. The molecule has 1 aromatic heterocycles. The molecule has 0 aliphatic heterocycles. The number of ether oxygens (including phenoxy) is 2. The number of nitrogens with zero attached hydrogens (tertiary/aromatic N) is 3. The molecule has 2 N–H and O–H groups in total. The molecule has 0 fully saturated rings. The Morgan fingerprint density at radius 2 is 1.59 bits per heavy atom. The first-order valence-corrected chi connectivity index (χ1v) is 10.3. The molecule has 172 valence electrons. The van der Waals surface area contributed by atoms with E-state index >= 15 is 0 Å². The minimum absolute atomic E-state index is 0.356. The fraction of sp³-hybridized carbons (Fsp3) is 0.417. The van der Waals surface area contributed by atoms with Crippen LogP contribution in [0.25, 0.3) is 11.3 Å². The molecule has 1 heterocycles. The summed E-state index contributed by atoms with van der Waals surface area (Å²) in [6.45, 7) is 14.2. The molecule has 0 spiro atoms. The number of aliphatic imine (C=N–C) groups is 1. The van der Waals surface area contributed by atoms with E-state index < -0.39 is 23.4 Å². The number of carbonyl (C=O) groups is 2. The van der Waals surface area contributed by atoms with E-state index in [-0.39, 0.29) is 5.96 Å². The van der Waals surface area contributed by atoms with Crippen molar-refractivity contribution < 1.29 is 19.1 Å². The molecule has 8 nitrogen and oxygen atoms in total. The Hall–Kier alpha value is -3.42. The van der Waals surface area contributed by atoms with Crippen molar-refractivity contribution in [1.29, 1.82) is 0 Å². The van der Waals surface area contributed by atoms with Crippen LogP contribution in [-0.2, 0) is 9.47 Å². The smallest absolute Gasteiger partial charge is 0.437 e. The maximum Gasteiger partial charge on any atom is 0.437 e. The van der Waals surface area contributed by atoms with E-state index in [0.717, 1.165) is 27.3 Å². The molecular weight excluding hydrogens is 408 g/mol. The zero-order valence-corrected chi connectivity index (χ0v) is 20.0. The van der Waals surface area contributed by atoms with Gasteiger partial charge in [0.1, 0.15) is 11.2 Å². The van der Waals surface area contributed by atoms with Crippen molar-refractivity contribution in [2.24, 2.45) is 10.7 Å². The van der Waals surface area contributed by atoms with Crippen LogP contribution in [0, 0.1) is 13.8 Å². The number of aromatic nitrogens is 1. The summed E-state index contributed by atoms with van der Waals surface area (Å²) in [7, 11) is 0. The number of rotatable bonds is 2. The molecule has 0 atom stereocenters. The van der Waals surface area contributed by atoms with Crippen LogP contribution in [0.4, 0.5) is 15.3 Å². The van der Waals surface area contributed by atoms with Crippen molar-refractivity contribution >= 4 is 23.8 Å².